The molecular formula is C4H8N2O2S. The van der Waals surface area contributed by atoms with Crippen LogP contribution < -0.4 is 5.84 Å². The number of carbonyl (C=O) groups is 1. The molecule has 0 radical (unpaired) electrons. The van der Waals surface area contributed by atoms with Crippen LogP contribution in [-0.2, 0) is 9.53 Å². The van der Waals surface area contributed by atoms with Gasteiger partial charge in [0.25, 0.3) is 0 Å². The van der Waals surface area contributed by atoms with Crippen molar-refractivity contribution >= 4 is 17.7 Å². The number of methoxy groups -OCH3 is 1. The first-order chi connectivity index (χ1) is 4.25. The van der Waals surface area contributed by atoms with E-state index in [4.69, 9.17) is 10.6 Å². The molecule has 52 valence electrons. The lowest BCUT2D eigenvalue weighted by atomic mass is 10.7. The van der Waals surface area contributed by atoms with E-state index in [2.05, 4.69) is 0 Å². The summed E-state index contributed by atoms with van der Waals surface area (Å²) < 4.78 is 4.84. The summed E-state index contributed by atoms with van der Waals surface area (Å²) in [6.07, 6.45) is 0. The van der Waals surface area contributed by atoms with Gasteiger partial charge in [0.05, 0.1) is 5.75 Å². The van der Waals surface area contributed by atoms with Crippen LogP contribution in [-0.4, -0.2) is 29.3 Å². The Morgan fingerprint density at radius 3 is 2.89 bits per heavy atom. The fraction of sp³-hybridized carbons (Fsp3) is 0.750. The molecule has 1 aliphatic heterocycles. The lowest BCUT2D eigenvalue weighted by Gasteiger charge is -2.14. The van der Waals surface area contributed by atoms with Crippen molar-refractivity contribution in [1.29, 1.82) is 0 Å². The maximum absolute atomic E-state index is 10.6. The van der Waals surface area contributed by atoms with E-state index < -0.39 is 0 Å². The van der Waals surface area contributed by atoms with Crippen molar-refractivity contribution in [3.05, 3.63) is 0 Å². The minimum Gasteiger partial charge on any atom is -0.351 e. The highest BCUT2D eigenvalue weighted by Gasteiger charge is 2.28. The van der Waals surface area contributed by atoms with Gasteiger partial charge in [-0.3, -0.25) is 4.79 Å². The maximum atomic E-state index is 10.6. The number of nitrogens with zero attached hydrogens (tertiary/aromatic N) is 1. The number of hydrogen-bond donors (Lipinski definition) is 1. The molecule has 1 atom stereocenters. The van der Waals surface area contributed by atoms with Crippen LogP contribution in [0.1, 0.15) is 0 Å². The van der Waals surface area contributed by atoms with Crippen molar-refractivity contribution in [1.82, 2.24) is 5.01 Å². The van der Waals surface area contributed by atoms with E-state index >= 15 is 0 Å². The summed E-state index contributed by atoms with van der Waals surface area (Å²) in [5.74, 6) is 5.62. The van der Waals surface area contributed by atoms with Gasteiger partial charge < -0.3 is 4.74 Å². The molecule has 1 fully saturated rings. The number of rotatable bonds is 1. The van der Waals surface area contributed by atoms with Crippen LogP contribution in [0.25, 0.3) is 0 Å². The van der Waals surface area contributed by atoms with Crippen LogP contribution in [0, 0.1) is 0 Å². The van der Waals surface area contributed by atoms with Crippen molar-refractivity contribution in [2.75, 3.05) is 12.9 Å². The molecule has 1 heterocycles. The number of nitrogens with two attached hydrogens (primary N) is 1. The van der Waals surface area contributed by atoms with Gasteiger partial charge in [-0.25, -0.2) is 10.9 Å². The molecule has 0 aromatic carbocycles. The Balaban J connectivity index is 2.51. The number of hydrazine groups is 1. The van der Waals surface area contributed by atoms with Gasteiger partial charge in [0.15, 0.2) is 5.56 Å². The Kier molecular flexibility index (Phi) is 1.94. The van der Waals surface area contributed by atoms with Gasteiger partial charge >= 0.3 is 0 Å². The average molecular weight is 148 g/mol. The highest BCUT2D eigenvalue weighted by molar-refractivity contribution is 8.00. The standard InChI is InChI=1S/C4H8N2O2S/c1-8-4-6(5)3(7)2-9-4/h4H,2,5H2,1H3. The first-order valence-corrected chi connectivity index (χ1v) is 3.51. The Morgan fingerprint density at radius 2 is 2.67 bits per heavy atom. The van der Waals surface area contributed by atoms with Gasteiger partial charge in [0, 0.05) is 7.11 Å². The summed E-state index contributed by atoms with van der Waals surface area (Å²) in [4.78, 5) is 10.6. The summed E-state index contributed by atoms with van der Waals surface area (Å²) in [6.45, 7) is 0. The molecular weight excluding hydrogens is 140 g/mol. The molecule has 1 amide bonds. The van der Waals surface area contributed by atoms with Gasteiger partial charge in [-0.15, -0.1) is 0 Å². The molecule has 5 heteroatoms. The number of ether oxygens (including phenoxy) is 1. The second-order valence-corrected chi connectivity index (χ2v) is 2.68. The van der Waals surface area contributed by atoms with Crippen LogP contribution in [0.2, 0.25) is 0 Å². The minimum atomic E-state index is -0.280. The third-order valence-electron chi connectivity index (χ3n) is 1.07. The van der Waals surface area contributed by atoms with Crippen LogP contribution >= 0.6 is 11.8 Å². The molecule has 1 aliphatic rings. The van der Waals surface area contributed by atoms with E-state index in [-0.39, 0.29) is 11.5 Å². The van der Waals surface area contributed by atoms with E-state index in [0.717, 1.165) is 5.01 Å². The van der Waals surface area contributed by atoms with Crippen molar-refractivity contribution < 1.29 is 9.53 Å². The summed E-state index contributed by atoms with van der Waals surface area (Å²) in [7, 11) is 1.52. The Morgan fingerprint density at radius 1 is 2.00 bits per heavy atom. The van der Waals surface area contributed by atoms with Crippen molar-refractivity contribution in [2.24, 2.45) is 5.84 Å². The second kappa shape index (κ2) is 2.55. The van der Waals surface area contributed by atoms with Crippen molar-refractivity contribution in [3.63, 3.8) is 0 Å². The van der Waals surface area contributed by atoms with E-state index in [1.165, 1.54) is 18.9 Å². The summed E-state index contributed by atoms with van der Waals surface area (Å²) >= 11 is 1.39. The lowest BCUT2D eigenvalue weighted by molar-refractivity contribution is -0.133. The Bertz CT molecular complexity index is 130. The zero-order valence-electron chi connectivity index (χ0n) is 5.03. The predicted molar refractivity (Wildman–Crippen MR) is 34.3 cm³/mol. The lowest BCUT2D eigenvalue weighted by Crippen LogP contribution is -2.39. The maximum Gasteiger partial charge on any atom is 0.249 e. The monoisotopic (exact) mass is 148 g/mol. The molecule has 4 nitrogen and oxygen atoms in total. The molecule has 0 aromatic rings. The fourth-order valence-electron chi connectivity index (χ4n) is 0.597. The number of amides is 1. The third-order valence-corrected chi connectivity index (χ3v) is 2.18. The van der Waals surface area contributed by atoms with E-state index in [0.29, 0.717) is 5.75 Å². The van der Waals surface area contributed by atoms with Gasteiger partial charge in [0.1, 0.15) is 0 Å². The molecule has 1 saturated heterocycles. The number of carbonyl (C=O) groups excluding carboxylic acids is 1. The highest BCUT2D eigenvalue weighted by Crippen LogP contribution is 2.21. The van der Waals surface area contributed by atoms with Gasteiger partial charge in [-0.05, 0) is 0 Å². The molecule has 1 rings (SSSR count). The molecule has 0 aliphatic carbocycles. The predicted octanol–water partition coefficient (Wildman–Crippen LogP) is -0.635. The Hall–Kier alpha value is -0.260. The molecule has 0 saturated carbocycles. The SMILES string of the molecule is COC1SCC(=O)N1N. The van der Waals surface area contributed by atoms with Crippen molar-refractivity contribution in [2.45, 2.75) is 5.56 Å². The highest BCUT2D eigenvalue weighted by atomic mass is 32.2. The largest absolute Gasteiger partial charge is 0.351 e. The fourth-order valence-corrected chi connectivity index (χ4v) is 1.45. The summed E-state index contributed by atoms with van der Waals surface area (Å²) in [5, 5.41) is 1.10. The number of hydrogen-bond acceptors (Lipinski definition) is 4. The smallest absolute Gasteiger partial charge is 0.249 e. The molecule has 0 bridgehead atoms. The first kappa shape index (κ1) is 6.85. The quantitative estimate of drug-likeness (QED) is 0.397. The minimum absolute atomic E-state index is 0.0770. The average Bonchev–Trinajstić information content (AvgIpc) is 2.15. The number of thioether (sulfide) groups is 1. The third kappa shape index (κ3) is 1.17. The van der Waals surface area contributed by atoms with Crippen LogP contribution in [0.15, 0.2) is 0 Å². The molecule has 9 heavy (non-hydrogen) atoms. The van der Waals surface area contributed by atoms with E-state index in [1.807, 2.05) is 0 Å². The van der Waals surface area contributed by atoms with Gasteiger partial charge in [-0.2, -0.15) is 0 Å². The zero-order valence-corrected chi connectivity index (χ0v) is 5.85. The first-order valence-electron chi connectivity index (χ1n) is 2.47. The molecule has 0 aromatic heterocycles. The molecule has 2 N–H and O–H groups in total. The van der Waals surface area contributed by atoms with Gasteiger partial charge in [-0.1, -0.05) is 11.8 Å². The Labute approximate surface area is 57.3 Å². The van der Waals surface area contributed by atoms with Crippen LogP contribution in [0.4, 0.5) is 0 Å². The zero-order chi connectivity index (χ0) is 6.85. The molecule has 1 unspecified atom stereocenters. The summed E-state index contributed by atoms with van der Waals surface area (Å²) in [5.41, 5.74) is -0.280. The molecule has 0 spiro atoms. The second-order valence-electron chi connectivity index (χ2n) is 1.65. The normalized spacial score (nSPS) is 27.6. The van der Waals surface area contributed by atoms with Crippen molar-refractivity contribution in [3.8, 4) is 0 Å². The van der Waals surface area contributed by atoms with Crippen LogP contribution in [0.3, 0.4) is 0 Å². The summed E-state index contributed by atoms with van der Waals surface area (Å²) in [6, 6.07) is 0. The van der Waals surface area contributed by atoms with Gasteiger partial charge in [0.2, 0.25) is 5.91 Å². The topological polar surface area (TPSA) is 55.6 Å². The van der Waals surface area contributed by atoms with E-state index in [9.17, 15) is 4.79 Å². The van der Waals surface area contributed by atoms with Crippen LogP contribution in [0.5, 0.6) is 0 Å². The van der Waals surface area contributed by atoms with E-state index in [1.54, 1.807) is 0 Å².